The molecule has 4 aliphatic rings. The van der Waals surface area contributed by atoms with E-state index in [9.17, 15) is 0 Å². The van der Waals surface area contributed by atoms with Gasteiger partial charge in [-0.2, -0.15) is 0 Å². The molecule has 4 heterocycles. The van der Waals surface area contributed by atoms with Gasteiger partial charge in [0.05, 0.1) is 0 Å². The van der Waals surface area contributed by atoms with Crippen LogP contribution in [0.15, 0.2) is 309 Å². The third-order valence-electron chi connectivity index (χ3n) is 24.8. The zero-order valence-corrected chi connectivity index (χ0v) is 72.6. The number of rotatable bonds is 4. The standard InChI is InChI=1S/C54H44P2.C50H32Br4P2/c1-33-25-37-15-5-9-19-41(37)51-45(33)29-55(30-46-34(2)26-38-16-6-10-20-42(38)52(46)51)49-23-13-14-24-50(49)56-31-47-35(3)27-39-17-7-11-21-43(39)53(47)54-44-22-12-8-18-40(44)28-36(4)48(54)32-56;51-41-21-29-11-1-5-15-33(29)47-37(41)25-55(26-38-42(52)22-30-12-2-6-16-34(30)48(38)47)45-19-9-10-20-46(45)56-27-39-43(53)23-31-13-3-7-17-35(31)49(39)50-36-18-8-4-14-32(36)24-44(54)40(50)28-56/h5-28H,29-32H2,1-4H3;1-24H,25-28H2. The summed E-state index contributed by atoms with van der Waals surface area (Å²) in [5, 5.41) is 27.7. The van der Waals surface area contributed by atoms with Crippen LogP contribution in [0.2, 0.25) is 0 Å². The molecule has 112 heavy (non-hydrogen) atoms. The molecule has 0 saturated heterocycles. The summed E-state index contributed by atoms with van der Waals surface area (Å²) in [6.45, 7) is 9.49. The Morgan fingerprint density at radius 3 is 0.509 bits per heavy atom. The largest absolute Gasteiger partial charge is 0.0656 e. The fraction of sp³-hybridized carbons (Fsp3) is 0.115. The average Bonchev–Trinajstić information content (AvgIpc) is 1.66. The van der Waals surface area contributed by atoms with E-state index in [0.29, 0.717) is 0 Å². The maximum atomic E-state index is 4.16. The summed E-state index contributed by atoms with van der Waals surface area (Å²) in [5.74, 6) is 0. The van der Waals surface area contributed by atoms with Gasteiger partial charge in [0.1, 0.15) is 0 Å². The van der Waals surface area contributed by atoms with Crippen LogP contribution < -0.4 is 21.2 Å². The molecular formula is C104H76Br4P4. The molecule has 0 aliphatic carbocycles. The van der Waals surface area contributed by atoms with E-state index < -0.39 is 31.7 Å². The van der Waals surface area contributed by atoms with Gasteiger partial charge in [-0.05, 0) is 320 Å². The number of fused-ring (bicyclic) bond motifs is 28. The average molecular weight is 1770 g/mol. The van der Waals surface area contributed by atoms with Gasteiger partial charge < -0.3 is 0 Å². The highest BCUT2D eigenvalue weighted by Crippen LogP contribution is 2.62. The van der Waals surface area contributed by atoms with Crippen LogP contribution in [0.4, 0.5) is 0 Å². The minimum absolute atomic E-state index is 0.554. The van der Waals surface area contributed by atoms with Crippen molar-refractivity contribution in [1.29, 1.82) is 0 Å². The van der Waals surface area contributed by atoms with Gasteiger partial charge in [-0.1, -0.05) is 362 Å². The molecule has 0 spiro atoms. The summed E-state index contributed by atoms with van der Waals surface area (Å²) in [4.78, 5) is 0. The van der Waals surface area contributed by atoms with Crippen LogP contribution in [-0.2, 0) is 49.3 Å². The van der Waals surface area contributed by atoms with E-state index >= 15 is 0 Å². The molecule has 22 rings (SSSR count). The molecule has 0 nitrogen and oxygen atoms in total. The summed E-state index contributed by atoms with van der Waals surface area (Å²) in [6.07, 6.45) is 8.47. The summed E-state index contributed by atoms with van der Waals surface area (Å²) < 4.78 is 4.84. The highest BCUT2D eigenvalue weighted by atomic mass is 79.9. The lowest BCUT2D eigenvalue weighted by Gasteiger charge is -2.27. The molecule has 0 fully saturated rings. The molecule has 4 aliphatic heterocycles. The lowest BCUT2D eigenvalue weighted by molar-refractivity contribution is 1.31. The topological polar surface area (TPSA) is 0 Å². The molecule has 0 amide bonds. The Morgan fingerprint density at radius 1 is 0.179 bits per heavy atom. The van der Waals surface area contributed by atoms with Crippen molar-refractivity contribution in [2.24, 2.45) is 0 Å². The fourth-order valence-electron chi connectivity index (χ4n) is 19.7. The van der Waals surface area contributed by atoms with Crippen LogP contribution in [0.25, 0.3) is 131 Å². The van der Waals surface area contributed by atoms with Crippen LogP contribution in [0.1, 0.15) is 66.8 Å². The van der Waals surface area contributed by atoms with Crippen molar-refractivity contribution in [3.8, 4) is 44.5 Å². The molecule has 0 bridgehead atoms. The van der Waals surface area contributed by atoms with Gasteiger partial charge in [-0.25, -0.2) is 0 Å². The summed E-state index contributed by atoms with van der Waals surface area (Å²) in [7, 11) is -2.38. The summed E-state index contributed by atoms with van der Waals surface area (Å²) in [5.41, 5.74) is 29.1. The van der Waals surface area contributed by atoms with Crippen LogP contribution >= 0.6 is 95.4 Å². The Balaban J connectivity index is 0.000000141. The van der Waals surface area contributed by atoms with Crippen LogP contribution in [0, 0.1) is 27.7 Å². The first kappa shape index (κ1) is 71.5. The van der Waals surface area contributed by atoms with Gasteiger partial charge in [-0.15, -0.1) is 0 Å². The van der Waals surface area contributed by atoms with Crippen molar-refractivity contribution in [3.05, 3.63) is 376 Å². The SMILES string of the molecule is Brc1cc2ccccc2c2c1CP(c1ccccc1P1Cc3c(Br)cc4ccccc4c3-c3c(c(Br)cc4ccccc34)C1)Cc1c(Br)cc3ccccc3c1-2.Cc1cc2ccccc2c2c1CP(c1ccccc1P1Cc3c(C)cc4ccccc4c3-c3c(c(C)cc4ccccc34)C1)Cc1c(C)cc3ccccc3c1-2. The molecule has 0 radical (unpaired) electrons. The third kappa shape index (κ3) is 12.0. The molecule has 18 aromatic rings. The van der Waals surface area contributed by atoms with E-state index in [1.165, 1.54) is 193 Å². The van der Waals surface area contributed by atoms with Gasteiger partial charge in [0.25, 0.3) is 0 Å². The van der Waals surface area contributed by atoms with Crippen LogP contribution in [0.5, 0.6) is 0 Å². The molecular weight excluding hydrogens is 1690 g/mol. The number of hydrogen-bond donors (Lipinski definition) is 0. The predicted molar refractivity (Wildman–Crippen MR) is 506 cm³/mol. The van der Waals surface area contributed by atoms with Crippen LogP contribution in [-0.4, -0.2) is 0 Å². The Hall–Kier alpha value is -8.32. The molecule has 18 aromatic carbocycles. The van der Waals surface area contributed by atoms with E-state index in [-0.39, 0.29) is 0 Å². The van der Waals surface area contributed by atoms with E-state index in [2.05, 4.69) is 383 Å². The maximum absolute atomic E-state index is 4.16. The monoisotopic (exact) mass is 1760 g/mol. The second-order valence-corrected chi connectivity index (χ2v) is 43.4. The molecule has 8 heteroatoms. The number of benzene rings is 18. The van der Waals surface area contributed by atoms with Crippen molar-refractivity contribution in [3.63, 3.8) is 0 Å². The van der Waals surface area contributed by atoms with Crippen molar-refractivity contribution in [2.45, 2.75) is 77.0 Å². The third-order valence-corrected chi connectivity index (χ3v) is 37.9. The smallest absolute Gasteiger partial charge is 0.0223 e. The van der Waals surface area contributed by atoms with E-state index in [1.807, 2.05) is 0 Å². The molecule has 540 valence electrons. The fourth-order valence-corrected chi connectivity index (χ4v) is 35.2. The zero-order valence-electron chi connectivity index (χ0n) is 62.7. The van der Waals surface area contributed by atoms with Crippen molar-refractivity contribution in [1.82, 2.24) is 0 Å². The Bertz CT molecular complexity index is 5840. The first-order chi connectivity index (χ1) is 54.8. The minimum atomic E-state index is -0.638. The lowest BCUT2D eigenvalue weighted by Crippen LogP contribution is -2.24. The Kier molecular flexibility index (Phi) is 18.4. The zero-order chi connectivity index (χ0) is 75.3. The lowest BCUT2D eigenvalue weighted by atomic mass is 9.85. The van der Waals surface area contributed by atoms with Gasteiger partial charge in [0.2, 0.25) is 0 Å². The molecule has 0 saturated carbocycles. The first-order valence-electron chi connectivity index (χ1n) is 38.9. The Morgan fingerprint density at radius 2 is 0.321 bits per heavy atom. The van der Waals surface area contributed by atoms with E-state index in [0.717, 1.165) is 49.3 Å². The van der Waals surface area contributed by atoms with Crippen LogP contribution in [0.3, 0.4) is 0 Å². The predicted octanol–water partition coefficient (Wildman–Crippen LogP) is 30.8. The number of hydrogen-bond acceptors (Lipinski definition) is 0. The highest BCUT2D eigenvalue weighted by Gasteiger charge is 2.37. The van der Waals surface area contributed by atoms with E-state index in [1.54, 1.807) is 43.5 Å². The van der Waals surface area contributed by atoms with Gasteiger partial charge in [0.15, 0.2) is 0 Å². The highest BCUT2D eigenvalue weighted by molar-refractivity contribution is 9.11. The van der Waals surface area contributed by atoms with Gasteiger partial charge in [0, 0.05) is 17.9 Å². The molecule has 0 atom stereocenters. The number of halogens is 4. The normalized spacial score (nSPS) is 14.4. The quantitative estimate of drug-likeness (QED) is 0.154. The second kappa shape index (κ2) is 28.9. The van der Waals surface area contributed by atoms with Crippen molar-refractivity contribution < 1.29 is 0 Å². The van der Waals surface area contributed by atoms with E-state index in [4.69, 9.17) is 0 Å². The molecule has 0 unspecified atom stereocenters. The number of aryl methyl sites for hydroxylation is 4. The first-order valence-corrected chi connectivity index (χ1v) is 48.9. The van der Waals surface area contributed by atoms with Gasteiger partial charge in [-0.3, -0.25) is 0 Å². The second-order valence-electron chi connectivity index (χ2n) is 31.2. The van der Waals surface area contributed by atoms with Gasteiger partial charge >= 0.3 is 0 Å². The Labute approximate surface area is 693 Å². The minimum Gasteiger partial charge on any atom is -0.0656 e. The summed E-state index contributed by atoms with van der Waals surface area (Å²) in [6, 6.07) is 111. The summed E-state index contributed by atoms with van der Waals surface area (Å²) >= 11 is 16.6. The molecule has 0 aromatic heterocycles. The van der Waals surface area contributed by atoms with Crippen molar-refractivity contribution in [2.75, 3.05) is 0 Å². The maximum Gasteiger partial charge on any atom is 0.0223 e. The van der Waals surface area contributed by atoms with Crippen molar-refractivity contribution >= 4 is 203 Å². The molecule has 0 N–H and O–H groups in total.